The Bertz CT molecular complexity index is 419. The van der Waals surface area contributed by atoms with Crippen molar-refractivity contribution in [2.24, 2.45) is 5.92 Å². The average Bonchev–Trinajstić information content (AvgIpc) is 2.50. The first-order valence-corrected chi connectivity index (χ1v) is 8.28. The van der Waals surface area contributed by atoms with Gasteiger partial charge in [0, 0.05) is 24.7 Å². The molecule has 0 heterocycles. The fourth-order valence-electron chi connectivity index (χ4n) is 3.55. The van der Waals surface area contributed by atoms with Crippen molar-refractivity contribution < 1.29 is 4.74 Å². The van der Waals surface area contributed by atoms with E-state index in [0.717, 1.165) is 31.3 Å². The lowest BCUT2D eigenvalue weighted by Crippen LogP contribution is -2.43. The highest BCUT2D eigenvalue weighted by Crippen LogP contribution is 2.26. The Balaban J connectivity index is 1.92. The predicted molar refractivity (Wildman–Crippen MR) is 88.8 cm³/mol. The number of hydrogen-bond donors (Lipinski definition) is 1. The van der Waals surface area contributed by atoms with E-state index < -0.39 is 0 Å². The monoisotopic (exact) mass is 290 g/mol. The standard InChI is InChI=1S/C18H30N2O/c1-4-19-17-11-7-5-9-15(17)13-20(2)14-16-10-6-8-12-18(16)21-3/h6,8,10,12,15,17,19H,4-5,7,9,11,13-14H2,1-3H3. The number of hydrogen-bond acceptors (Lipinski definition) is 3. The van der Waals surface area contributed by atoms with Crippen molar-refractivity contribution in [2.45, 2.75) is 45.2 Å². The van der Waals surface area contributed by atoms with E-state index in [2.05, 4.69) is 36.3 Å². The van der Waals surface area contributed by atoms with Crippen molar-refractivity contribution in [3.8, 4) is 5.75 Å². The van der Waals surface area contributed by atoms with Gasteiger partial charge in [0.15, 0.2) is 0 Å². The van der Waals surface area contributed by atoms with Crippen LogP contribution in [0.5, 0.6) is 5.75 Å². The maximum atomic E-state index is 5.46. The van der Waals surface area contributed by atoms with Gasteiger partial charge in [-0.3, -0.25) is 0 Å². The third-order valence-electron chi connectivity index (χ3n) is 4.55. The Kier molecular flexibility index (Phi) is 6.52. The van der Waals surface area contributed by atoms with E-state index in [0.29, 0.717) is 6.04 Å². The van der Waals surface area contributed by atoms with Crippen molar-refractivity contribution in [3.05, 3.63) is 29.8 Å². The molecule has 2 atom stereocenters. The minimum absolute atomic E-state index is 0.698. The van der Waals surface area contributed by atoms with Crippen LogP contribution in [0, 0.1) is 5.92 Å². The molecule has 0 saturated heterocycles. The van der Waals surface area contributed by atoms with Gasteiger partial charge in [0.05, 0.1) is 7.11 Å². The number of nitrogens with zero attached hydrogens (tertiary/aromatic N) is 1. The van der Waals surface area contributed by atoms with Crippen LogP contribution < -0.4 is 10.1 Å². The zero-order valence-electron chi connectivity index (χ0n) is 13.8. The van der Waals surface area contributed by atoms with Crippen molar-refractivity contribution in [2.75, 3.05) is 27.2 Å². The van der Waals surface area contributed by atoms with E-state index in [9.17, 15) is 0 Å². The lowest BCUT2D eigenvalue weighted by atomic mass is 9.84. The summed E-state index contributed by atoms with van der Waals surface area (Å²) in [6.45, 7) is 5.41. The number of para-hydroxylation sites is 1. The van der Waals surface area contributed by atoms with Crippen LogP contribution in [0.3, 0.4) is 0 Å². The van der Waals surface area contributed by atoms with E-state index in [4.69, 9.17) is 4.74 Å². The number of ether oxygens (including phenoxy) is 1. The second-order valence-corrected chi connectivity index (χ2v) is 6.22. The molecule has 1 aromatic carbocycles. The van der Waals surface area contributed by atoms with Gasteiger partial charge in [0.2, 0.25) is 0 Å². The summed E-state index contributed by atoms with van der Waals surface area (Å²) in [5.74, 6) is 1.77. The summed E-state index contributed by atoms with van der Waals surface area (Å²) in [6, 6.07) is 9.03. The topological polar surface area (TPSA) is 24.5 Å². The molecule has 0 amide bonds. The fourth-order valence-corrected chi connectivity index (χ4v) is 3.55. The second-order valence-electron chi connectivity index (χ2n) is 6.22. The summed E-state index contributed by atoms with van der Waals surface area (Å²) >= 11 is 0. The van der Waals surface area contributed by atoms with Crippen LogP contribution >= 0.6 is 0 Å². The van der Waals surface area contributed by atoms with Gasteiger partial charge in [-0.25, -0.2) is 0 Å². The number of benzene rings is 1. The molecule has 21 heavy (non-hydrogen) atoms. The Hall–Kier alpha value is -1.06. The van der Waals surface area contributed by atoms with Gasteiger partial charge >= 0.3 is 0 Å². The Labute approximate surface area is 129 Å². The van der Waals surface area contributed by atoms with Crippen molar-refractivity contribution in [1.82, 2.24) is 10.2 Å². The Morgan fingerprint density at radius 2 is 2.00 bits per heavy atom. The highest BCUT2D eigenvalue weighted by atomic mass is 16.5. The minimum atomic E-state index is 0.698. The van der Waals surface area contributed by atoms with Crippen molar-refractivity contribution in [3.63, 3.8) is 0 Å². The van der Waals surface area contributed by atoms with E-state index >= 15 is 0 Å². The summed E-state index contributed by atoms with van der Waals surface area (Å²) in [6.07, 6.45) is 5.45. The molecule has 0 radical (unpaired) electrons. The average molecular weight is 290 g/mol. The smallest absolute Gasteiger partial charge is 0.123 e. The maximum Gasteiger partial charge on any atom is 0.123 e. The number of methoxy groups -OCH3 is 1. The van der Waals surface area contributed by atoms with Gasteiger partial charge < -0.3 is 15.0 Å². The van der Waals surface area contributed by atoms with Crippen LogP contribution in [0.2, 0.25) is 0 Å². The number of rotatable bonds is 7. The molecular formula is C18H30N2O. The fraction of sp³-hybridized carbons (Fsp3) is 0.667. The molecule has 0 aromatic heterocycles. The highest BCUT2D eigenvalue weighted by Gasteiger charge is 2.25. The van der Waals surface area contributed by atoms with E-state index in [1.807, 2.05) is 12.1 Å². The van der Waals surface area contributed by atoms with Crippen molar-refractivity contribution >= 4 is 0 Å². The molecule has 2 rings (SSSR count). The quantitative estimate of drug-likeness (QED) is 0.834. The highest BCUT2D eigenvalue weighted by molar-refractivity contribution is 5.33. The first-order chi connectivity index (χ1) is 10.2. The van der Waals surface area contributed by atoms with Gasteiger partial charge in [-0.15, -0.1) is 0 Å². The Morgan fingerprint density at radius 1 is 1.24 bits per heavy atom. The molecule has 0 bridgehead atoms. The molecule has 1 N–H and O–H groups in total. The first kappa shape index (κ1) is 16.3. The van der Waals surface area contributed by atoms with Crippen LogP contribution in [-0.2, 0) is 6.54 Å². The molecule has 0 aliphatic heterocycles. The summed E-state index contributed by atoms with van der Waals surface area (Å²) in [5.41, 5.74) is 1.28. The largest absolute Gasteiger partial charge is 0.496 e. The normalized spacial score (nSPS) is 22.5. The first-order valence-electron chi connectivity index (χ1n) is 8.28. The van der Waals surface area contributed by atoms with E-state index in [1.165, 1.54) is 31.2 Å². The molecular weight excluding hydrogens is 260 g/mol. The van der Waals surface area contributed by atoms with Gasteiger partial charge in [-0.1, -0.05) is 38.0 Å². The molecule has 1 fully saturated rings. The van der Waals surface area contributed by atoms with Crippen LogP contribution in [0.15, 0.2) is 24.3 Å². The zero-order valence-corrected chi connectivity index (χ0v) is 13.8. The molecule has 3 nitrogen and oxygen atoms in total. The molecule has 1 aliphatic rings. The summed E-state index contributed by atoms with van der Waals surface area (Å²) in [4.78, 5) is 2.44. The zero-order chi connectivity index (χ0) is 15.1. The molecule has 3 heteroatoms. The van der Waals surface area contributed by atoms with Gasteiger partial charge in [0.1, 0.15) is 5.75 Å². The van der Waals surface area contributed by atoms with Crippen LogP contribution in [0.4, 0.5) is 0 Å². The van der Waals surface area contributed by atoms with Crippen LogP contribution in [0.1, 0.15) is 38.2 Å². The summed E-state index contributed by atoms with van der Waals surface area (Å²) in [5, 5.41) is 3.67. The Morgan fingerprint density at radius 3 is 2.76 bits per heavy atom. The number of nitrogens with one attached hydrogen (secondary N) is 1. The third kappa shape index (κ3) is 4.72. The SMILES string of the molecule is CCNC1CCCCC1CN(C)Cc1ccccc1OC. The van der Waals surface area contributed by atoms with E-state index in [1.54, 1.807) is 7.11 Å². The molecule has 2 unspecified atom stereocenters. The van der Waals surface area contributed by atoms with Gasteiger partial charge in [-0.2, -0.15) is 0 Å². The van der Waals surface area contributed by atoms with Crippen molar-refractivity contribution in [1.29, 1.82) is 0 Å². The van der Waals surface area contributed by atoms with Gasteiger partial charge in [-0.05, 0) is 38.4 Å². The third-order valence-corrected chi connectivity index (χ3v) is 4.55. The molecule has 1 saturated carbocycles. The van der Waals surface area contributed by atoms with Gasteiger partial charge in [0.25, 0.3) is 0 Å². The molecule has 1 aliphatic carbocycles. The summed E-state index contributed by atoms with van der Waals surface area (Å²) < 4.78 is 5.46. The molecule has 1 aromatic rings. The molecule has 0 spiro atoms. The summed E-state index contributed by atoms with van der Waals surface area (Å²) in [7, 11) is 3.98. The molecule has 118 valence electrons. The van der Waals surface area contributed by atoms with E-state index in [-0.39, 0.29) is 0 Å². The minimum Gasteiger partial charge on any atom is -0.496 e. The lowest BCUT2D eigenvalue weighted by molar-refractivity contribution is 0.185. The van der Waals surface area contributed by atoms with Crippen LogP contribution in [-0.4, -0.2) is 38.2 Å². The predicted octanol–water partition coefficient (Wildman–Crippen LogP) is 3.30. The maximum absolute atomic E-state index is 5.46. The second kappa shape index (κ2) is 8.40. The van der Waals surface area contributed by atoms with Crippen LogP contribution in [0.25, 0.3) is 0 Å². The lowest BCUT2D eigenvalue weighted by Gasteiger charge is -2.35.